The lowest BCUT2D eigenvalue weighted by atomic mass is 9.72. The Hall–Kier alpha value is -0.0400. The molecule has 0 aromatic carbocycles. The van der Waals surface area contributed by atoms with Crippen LogP contribution in [-0.4, -0.2) is 6.54 Å². The Morgan fingerprint density at radius 1 is 1.31 bits per heavy atom. The molecule has 0 spiro atoms. The lowest BCUT2D eigenvalue weighted by molar-refractivity contribution is 0.179. The van der Waals surface area contributed by atoms with Gasteiger partial charge >= 0.3 is 0 Å². The quantitative estimate of drug-likeness (QED) is 0.711. The van der Waals surface area contributed by atoms with Crippen molar-refractivity contribution in [2.75, 3.05) is 6.54 Å². The topological polar surface area (TPSA) is 26.0 Å². The molecule has 1 nitrogen and oxygen atoms in total. The van der Waals surface area contributed by atoms with Gasteiger partial charge in [0.05, 0.1) is 0 Å². The maximum Gasteiger partial charge on any atom is -0.00179 e. The van der Waals surface area contributed by atoms with E-state index in [1.807, 2.05) is 0 Å². The number of nitrogens with two attached hydrogens (primary N) is 1. The highest BCUT2D eigenvalue weighted by atomic mass is 14.7. The fourth-order valence-electron chi connectivity index (χ4n) is 3.16. The van der Waals surface area contributed by atoms with Crippen LogP contribution < -0.4 is 5.73 Å². The predicted molar refractivity (Wildman–Crippen MR) is 56.5 cm³/mol. The van der Waals surface area contributed by atoms with Crippen LogP contribution in [0.3, 0.4) is 0 Å². The molecular formula is C12H23N. The van der Waals surface area contributed by atoms with E-state index in [9.17, 15) is 0 Å². The first-order valence-electron chi connectivity index (χ1n) is 6.01. The van der Waals surface area contributed by atoms with Crippen LogP contribution >= 0.6 is 0 Å². The molecule has 2 aliphatic rings. The van der Waals surface area contributed by atoms with Crippen molar-refractivity contribution in [3.8, 4) is 0 Å². The van der Waals surface area contributed by atoms with E-state index in [0.29, 0.717) is 5.41 Å². The second-order valence-corrected chi connectivity index (χ2v) is 5.20. The maximum atomic E-state index is 5.89. The average molecular weight is 181 g/mol. The highest BCUT2D eigenvalue weighted by Crippen LogP contribution is 2.56. The first-order chi connectivity index (χ1) is 6.30. The van der Waals surface area contributed by atoms with E-state index < -0.39 is 0 Å². The molecule has 2 saturated carbocycles. The smallest absolute Gasteiger partial charge is 0.00179 e. The van der Waals surface area contributed by atoms with E-state index >= 15 is 0 Å². The van der Waals surface area contributed by atoms with Crippen LogP contribution in [-0.2, 0) is 0 Å². The third-order valence-corrected chi connectivity index (χ3v) is 4.52. The summed E-state index contributed by atoms with van der Waals surface area (Å²) < 4.78 is 0. The van der Waals surface area contributed by atoms with Crippen molar-refractivity contribution in [2.45, 2.75) is 51.9 Å². The van der Waals surface area contributed by atoms with Crippen LogP contribution in [0.15, 0.2) is 0 Å². The molecule has 0 amide bonds. The molecule has 0 heterocycles. The number of hydrogen-bond donors (Lipinski definition) is 1. The molecule has 2 unspecified atom stereocenters. The van der Waals surface area contributed by atoms with E-state index in [4.69, 9.17) is 5.73 Å². The number of rotatable bonds is 3. The third kappa shape index (κ3) is 1.76. The summed E-state index contributed by atoms with van der Waals surface area (Å²) in [5, 5.41) is 0. The van der Waals surface area contributed by atoms with Crippen molar-refractivity contribution in [3.05, 3.63) is 0 Å². The van der Waals surface area contributed by atoms with Gasteiger partial charge in [-0.15, -0.1) is 0 Å². The van der Waals surface area contributed by atoms with Crippen LogP contribution in [0, 0.1) is 17.3 Å². The van der Waals surface area contributed by atoms with Gasteiger partial charge < -0.3 is 5.73 Å². The second kappa shape index (κ2) is 3.61. The van der Waals surface area contributed by atoms with Crippen molar-refractivity contribution >= 4 is 0 Å². The summed E-state index contributed by atoms with van der Waals surface area (Å²) in [6.45, 7) is 3.29. The van der Waals surface area contributed by atoms with Gasteiger partial charge in [0.1, 0.15) is 0 Å². The molecule has 1 heteroatoms. The molecule has 0 aliphatic heterocycles. The van der Waals surface area contributed by atoms with Crippen molar-refractivity contribution < 1.29 is 0 Å². The van der Waals surface area contributed by atoms with Crippen LogP contribution in [0.25, 0.3) is 0 Å². The average Bonchev–Trinajstić information content (AvgIpc) is 2.99. The third-order valence-electron chi connectivity index (χ3n) is 4.52. The van der Waals surface area contributed by atoms with Crippen molar-refractivity contribution in [2.24, 2.45) is 23.0 Å². The standard InChI is InChI=1S/C12H23N/c1-2-10-4-3-5-11(8-10)12(9-13)6-7-12/h10-11H,2-9,13H2,1H3. The molecule has 0 aromatic heterocycles. The van der Waals surface area contributed by atoms with Gasteiger partial charge in [-0.2, -0.15) is 0 Å². The predicted octanol–water partition coefficient (Wildman–Crippen LogP) is 2.94. The van der Waals surface area contributed by atoms with Crippen molar-refractivity contribution in [3.63, 3.8) is 0 Å². The monoisotopic (exact) mass is 181 g/mol. The van der Waals surface area contributed by atoms with Gasteiger partial charge in [-0.05, 0) is 49.5 Å². The van der Waals surface area contributed by atoms with Gasteiger partial charge in [-0.25, -0.2) is 0 Å². The Morgan fingerprint density at radius 3 is 2.62 bits per heavy atom. The summed E-state index contributed by atoms with van der Waals surface area (Å²) in [6.07, 6.45) is 10.1. The zero-order chi connectivity index (χ0) is 9.31. The van der Waals surface area contributed by atoms with E-state index in [1.54, 1.807) is 0 Å². The molecule has 2 rings (SSSR count). The summed E-state index contributed by atoms with van der Waals surface area (Å²) >= 11 is 0. The van der Waals surface area contributed by atoms with Gasteiger partial charge in [-0.3, -0.25) is 0 Å². The van der Waals surface area contributed by atoms with Gasteiger partial charge in [0.2, 0.25) is 0 Å². The maximum absolute atomic E-state index is 5.89. The largest absolute Gasteiger partial charge is 0.330 e. The highest BCUT2D eigenvalue weighted by Gasteiger charge is 2.48. The molecule has 13 heavy (non-hydrogen) atoms. The summed E-state index contributed by atoms with van der Waals surface area (Å²) in [6, 6.07) is 0. The molecule has 0 bridgehead atoms. The van der Waals surface area contributed by atoms with Gasteiger partial charge in [0, 0.05) is 0 Å². The molecule has 2 atom stereocenters. The van der Waals surface area contributed by atoms with Crippen LogP contribution in [0.1, 0.15) is 51.9 Å². The van der Waals surface area contributed by atoms with Crippen molar-refractivity contribution in [1.82, 2.24) is 0 Å². The summed E-state index contributed by atoms with van der Waals surface area (Å²) in [7, 11) is 0. The minimum atomic E-state index is 0.619. The fourth-order valence-corrected chi connectivity index (χ4v) is 3.16. The number of hydrogen-bond acceptors (Lipinski definition) is 1. The van der Waals surface area contributed by atoms with Gasteiger partial charge in [-0.1, -0.05) is 26.2 Å². The van der Waals surface area contributed by atoms with Gasteiger partial charge in [0.15, 0.2) is 0 Å². The van der Waals surface area contributed by atoms with E-state index in [-0.39, 0.29) is 0 Å². The molecule has 0 aromatic rings. The molecule has 2 fully saturated rings. The Labute approximate surface area is 82.1 Å². The summed E-state index contributed by atoms with van der Waals surface area (Å²) in [5.41, 5.74) is 6.51. The zero-order valence-corrected chi connectivity index (χ0v) is 8.89. The summed E-state index contributed by atoms with van der Waals surface area (Å²) in [5.74, 6) is 2.00. The SMILES string of the molecule is CCC1CCCC(C2(CN)CC2)C1. The van der Waals surface area contributed by atoms with Crippen LogP contribution in [0.5, 0.6) is 0 Å². The van der Waals surface area contributed by atoms with E-state index in [0.717, 1.165) is 18.4 Å². The zero-order valence-electron chi connectivity index (χ0n) is 8.89. The first-order valence-corrected chi connectivity index (χ1v) is 6.01. The Morgan fingerprint density at radius 2 is 2.08 bits per heavy atom. The Bertz CT molecular complexity index is 172. The minimum absolute atomic E-state index is 0.619. The van der Waals surface area contributed by atoms with E-state index in [1.165, 1.54) is 44.9 Å². The summed E-state index contributed by atoms with van der Waals surface area (Å²) in [4.78, 5) is 0. The van der Waals surface area contributed by atoms with Crippen LogP contribution in [0.4, 0.5) is 0 Å². The lowest BCUT2D eigenvalue weighted by Crippen LogP contribution is -2.29. The molecule has 76 valence electrons. The Kier molecular flexibility index (Phi) is 2.64. The fraction of sp³-hybridized carbons (Fsp3) is 1.00. The van der Waals surface area contributed by atoms with Crippen LogP contribution in [0.2, 0.25) is 0 Å². The molecule has 0 saturated heterocycles. The molecule has 0 radical (unpaired) electrons. The lowest BCUT2D eigenvalue weighted by Gasteiger charge is -2.34. The normalized spacial score (nSPS) is 37.4. The van der Waals surface area contributed by atoms with E-state index in [2.05, 4.69) is 6.92 Å². The van der Waals surface area contributed by atoms with Crippen molar-refractivity contribution in [1.29, 1.82) is 0 Å². The minimum Gasteiger partial charge on any atom is -0.330 e. The molecular weight excluding hydrogens is 158 g/mol. The second-order valence-electron chi connectivity index (χ2n) is 5.20. The first kappa shape index (κ1) is 9.51. The highest BCUT2D eigenvalue weighted by molar-refractivity contribution is 5.00. The molecule has 2 aliphatic carbocycles. The van der Waals surface area contributed by atoms with Gasteiger partial charge in [0.25, 0.3) is 0 Å². The Balaban J connectivity index is 1.92. The molecule has 2 N–H and O–H groups in total.